The fourth-order valence-corrected chi connectivity index (χ4v) is 4.95. The number of carbonyl (C=O) groups is 2. The number of nitrogens with one attached hydrogen (secondary N) is 1. The van der Waals surface area contributed by atoms with Gasteiger partial charge < -0.3 is 0 Å². The van der Waals surface area contributed by atoms with Gasteiger partial charge in [0, 0.05) is 11.6 Å². The van der Waals surface area contributed by atoms with Gasteiger partial charge in [-0.05, 0) is 36.4 Å². The van der Waals surface area contributed by atoms with Gasteiger partial charge >= 0.3 is 6.18 Å². The summed E-state index contributed by atoms with van der Waals surface area (Å²) in [6, 6.07) is 6.85. The molecule has 0 fully saturated rings. The Morgan fingerprint density at radius 1 is 1.06 bits per heavy atom. The van der Waals surface area contributed by atoms with Crippen LogP contribution >= 0.6 is 11.6 Å². The van der Waals surface area contributed by atoms with E-state index < -0.39 is 44.3 Å². The van der Waals surface area contributed by atoms with E-state index in [1.807, 2.05) is 4.72 Å². The van der Waals surface area contributed by atoms with Gasteiger partial charge in [0.2, 0.25) is 0 Å². The van der Waals surface area contributed by atoms with Crippen LogP contribution in [0.15, 0.2) is 59.8 Å². The zero-order chi connectivity index (χ0) is 25.7. The number of amides is 2. The molecular weight excluding hydrogens is 514 g/mol. The van der Waals surface area contributed by atoms with Crippen LogP contribution in [0.25, 0.3) is 0 Å². The van der Waals surface area contributed by atoms with E-state index in [4.69, 9.17) is 11.6 Å². The fourth-order valence-electron chi connectivity index (χ4n) is 3.62. The molecule has 0 aliphatic carbocycles. The minimum atomic E-state index is -5.13. The second kappa shape index (κ2) is 8.61. The van der Waals surface area contributed by atoms with Crippen molar-refractivity contribution >= 4 is 39.1 Å². The standard InChI is InChI=1S/C22H14ClF4N3O4S/c1-29-8-2-3-12(10-29)11-30-20(31)18-15(23)5-7-17(19(18)21(30)32)28-35(33,34)13-4-6-16(24)14(9-13)22(25,26)27/h2-10H,11H2,1H3/p+1. The van der Waals surface area contributed by atoms with Gasteiger partial charge in [0.1, 0.15) is 12.9 Å². The maximum Gasteiger partial charge on any atom is 0.419 e. The molecule has 1 aliphatic heterocycles. The number of hydrogen-bond acceptors (Lipinski definition) is 4. The van der Waals surface area contributed by atoms with Crippen molar-refractivity contribution in [3.63, 3.8) is 0 Å². The summed E-state index contributed by atoms with van der Waals surface area (Å²) >= 11 is 6.12. The number of nitrogens with zero attached hydrogens (tertiary/aromatic N) is 2. The second-order valence-electron chi connectivity index (χ2n) is 7.66. The van der Waals surface area contributed by atoms with E-state index in [0.29, 0.717) is 17.7 Å². The number of hydrogen-bond donors (Lipinski definition) is 1. The molecule has 0 saturated heterocycles. The van der Waals surface area contributed by atoms with Gasteiger partial charge in [-0.3, -0.25) is 19.2 Å². The van der Waals surface area contributed by atoms with Crippen molar-refractivity contribution < 1.29 is 40.1 Å². The number of pyridine rings is 1. The Morgan fingerprint density at radius 3 is 2.40 bits per heavy atom. The smallest absolute Gasteiger partial charge is 0.279 e. The van der Waals surface area contributed by atoms with Gasteiger partial charge in [-0.15, -0.1) is 0 Å². The first kappa shape index (κ1) is 24.6. The third-order valence-corrected chi connectivity index (χ3v) is 6.89. The number of alkyl halides is 3. The molecule has 0 atom stereocenters. The maximum atomic E-state index is 13.6. The van der Waals surface area contributed by atoms with Gasteiger partial charge in [0.15, 0.2) is 12.4 Å². The summed E-state index contributed by atoms with van der Waals surface area (Å²) < 4.78 is 82.1. The molecule has 2 heterocycles. The monoisotopic (exact) mass is 528 g/mol. The maximum absolute atomic E-state index is 13.6. The van der Waals surface area contributed by atoms with Crippen LogP contribution in [0.5, 0.6) is 0 Å². The summed E-state index contributed by atoms with van der Waals surface area (Å²) in [6.07, 6.45) is -1.70. The number of rotatable bonds is 5. The third kappa shape index (κ3) is 4.58. The molecule has 0 radical (unpaired) electrons. The van der Waals surface area contributed by atoms with Crippen molar-refractivity contribution in [3.05, 3.63) is 88.0 Å². The molecule has 3 aromatic rings. The van der Waals surface area contributed by atoms with E-state index in [-0.39, 0.29) is 34.4 Å². The molecule has 1 aromatic heterocycles. The molecule has 2 aromatic carbocycles. The summed E-state index contributed by atoms with van der Waals surface area (Å²) in [7, 11) is -2.97. The predicted octanol–water partition coefficient (Wildman–Crippen LogP) is 3.92. The number of halogens is 5. The van der Waals surface area contributed by atoms with Gasteiger partial charge in [-0.25, -0.2) is 17.4 Å². The van der Waals surface area contributed by atoms with Crippen molar-refractivity contribution in [2.24, 2.45) is 7.05 Å². The molecule has 7 nitrogen and oxygen atoms in total. The van der Waals surface area contributed by atoms with Crippen LogP contribution in [-0.2, 0) is 29.8 Å². The Morgan fingerprint density at radius 2 is 1.74 bits per heavy atom. The minimum absolute atomic E-state index is 0.108. The van der Waals surface area contributed by atoms with E-state index >= 15 is 0 Å². The number of sulfonamides is 1. The third-order valence-electron chi connectivity index (χ3n) is 5.21. The molecule has 0 unspecified atom stereocenters. The lowest BCUT2D eigenvalue weighted by molar-refractivity contribution is -0.672. The summed E-state index contributed by atoms with van der Waals surface area (Å²) in [6.45, 7) is -0.129. The number of fused-ring (bicyclic) bond motifs is 1. The second-order valence-corrected chi connectivity index (χ2v) is 9.75. The highest BCUT2D eigenvalue weighted by Crippen LogP contribution is 2.37. The molecule has 4 rings (SSSR count). The first-order chi connectivity index (χ1) is 16.3. The lowest BCUT2D eigenvalue weighted by Crippen LogP contribution is -2.32. The van der Waals surface area contributed by atoms with E-state index in [9.17, 15) is 35.6 Å². The zero-order valence-corrected chi connectivity index (χ0v) is 19.3. The topological polar surface area (TPSA) is 87.4 Å². The number of benzene rings is 2. The van der Waals surface area contributed by atoms with Crippen LogP contribution in [0.3, 0.4) is 0 Å². The van der Waals surface area contributed by atoms with Crippen LogP contribution in [-0.4, -0.2) is 25.1 Å². The van der Waals surface area contributed by atoms with Crippen LogP contribution in [0.4, 0.5) is 23.2 Å². The number of carbonyl (C=O) groups excluding carboxylic acids is 2. The highest BCUT2D eigenvalue weighted by molar-refractivity contribution is 7.92. The average Bonchev–Trinajstić information content (AvgIpc) is 3.01. The SMILES string of the molecule is C[n+]1cccc(CN2C(=O)c3c(Cl)ccc(NS(=O)(=O)c4ccc(F)c(C(F)(F)F)c4)c3C2=O)c1. The Labute approximate surface area is 201 Å². The van der Waals surface area contributed by atoms with Crippen molar-refractivity contribution in [1.82, 2.24) is 4.90 Å². The Balaban J connectivity index is 1.72. The molecule has 13 heteroatoms. The largest absolute Gasteiger partial charge is 0.419 e. The normalized spacial score (nSPS) is 13.8. The van der Waals surface area contributed by atoms with Crippen LogP contribution in [0.2, 0.25) is 5.02 Å². The molecule has 2 amide bonds. The lowest BCUT2D eigenvalue weighted by atomic mass is 10.1. The molecule has 35 heavy (non-hydrogen) atoms. The Kier molecular flexibility index (Phi) is 6.05. The quantitative estimate of drug-likeness (QED) is 0.309. The van der Waals surface area contributed by atoms with E-state index in [0.717, 1.165) is 11.0 Å². The number of imide groups is 1. The molecule has 1 N–H and O–H groups in total. The van der Waals surface area contributed by atoms with Crippen molar-refractivity contribution in [2.75, 3.05) is 4.72 Å². The summed E-state index contributed by atoms with van der Waals surface area (Å²) in [5.41, 5.74) is -2.11. The molecular formula is C22H15ClF4N3O4S+. The predicted molar refractivity (Wildman–Crippen MR) is 115 cm³/mol. The molecule has 0 bridgehead atoms. The van der Waals surface area contributed by atoms with Crippen LogP contribution in [0, 0.1) is 5.82 Å². The highest BCUT2D eigenvalue weighted by atomic mass is 35.5. The van der Waals surface area contributed by atoms with Crippen molar-refractivity contribution in [3.8, 4) is 0 Å². The van der Waals surface area contributed by atoms with Crippen molar-refractivity contribution in [1.29, 1.82) is 0 Å². The first-order valence-corrected chi connectivity index (χ1v) is 11.7. The van der Waals surface area contributed by atoms with Crippen LogP contribution in [0.1, 0.15) is 31.8 Å². The summed E-state index contributed by atoms with van der Waals surface area (Å²) in [5.74, 6) is -3.25. The average molecular weight is 529 g/mol. The lowest BCUT2D eigenvalue weighted by Gasteiger charge is -2.14. The molecule has 0 spiro atoms. The van der Waals surface area contributed by atoms with E-state index in [2.05, 4.69) is 0 Å². The number of aryl methyl sites for hydroxylation is 1. The van der Waals surface area contributed by atoms with Crippen molar-refractivity contribution in [2.45, 2.75) is 17.6 Å². The van der Waals surface area contributed by atoms with E-state index in [1.54, 1.807) is 36.1 Å². The van der Waals surface area contributed by atoms with Crippen LogP contribution < -0.4 is 9.29 Å². The van der Waals surface area contributed by atoms with Gasteiger partial charge in [-0.1, -0.05) is 11.6 Å². The summed E-state index contributed by atoms with van der Waals surface area (Å²) in [5, 5.41) is -0.108. The van der Waals surface area contributed by atoms with E-state index in [1.165, 1.54) is 6.07 Å². The number of aromatic nitrogens is 1. The van der Waals surface area contributed by atoms with Gasteiger partial charge in [0.25, 0.3) is 21.8 Å². The fraction of sp³-hybridized carbons (Fsp3) is 0.136. The first-order valence-electron chi connectivity index (χ1n) is 9.82. The Hall–Kier alpha value is -3.51. The van der Waals surface area contributed by atoms with Gasteiger partial charge in [0.05, 0.1) is 38.8 Å². The molecule has 0 saturated carbocycles. The molecule has 182 valence electrons. The summed E-state index contributed by atoms with van der Waals surface area (Å²) in [4.78, 5) is 26.1. The zero-order valence-electron chi connectivity index (χ0n) is 17.7. The minimum Gasteiger partial charge on any atom is -0.279 e. The molecule has 1 aliphatic rings. The highest BCUT2D eigenvalue weighted by Gasteiger charge is 2.41. The number of anilines is 1. The Bertz CT molecular complexity index is 1490. The van der Waals surface area contributed by atoms with Gasteiger partial charge in [-0.2, -0.15) is 13.2 Å².